The van der Waals surface area contributed by atoms with Crippen molar-refractivity contribution >= 4 is 22.5 Å². The van der Waals surface area contributed by atoms with Crippen molar-refractivity contribution in [3.63, 3.8) is 0 Å². The zero-order valence-electron chi connectivity index (χ0n) is 12.1. The quantitative estimate of drug-likeness (QED) is 0.672. The van der Waals surface area contributed by atoms with Crippen LogP contribution >= 0.6 is 11.6 Å². The molecule has 21 heavy (non-hydrogen) atoms. The Morgan fingerprint density at radius 1 is 1.05 bits per heavy atom. The van der Waals surface area contributed by atoms with Crippen LogP contribution in [0, 0.1) is 13.8 Å². The number of rotatable bonds is 3. The number of pyridine rings is 1. The van der Waals surface area contributed by atoms with E-state index in [0.29, 0.717) is 11.6 Å². The molecule has 0 atom stereocenters. The number of benzene rings is 2. The first-order valence-corrected chi connectivity index (χ1v) is 7.25. The first-order chi connectivity index (χ1) is 10.1. The molecule has 1 aromatic heterocycles. The Balaban J connectivity index is 1.93. The molecule has 3 rings (SSSR count). The second-order valence-corrected chi connectivity index (χ2v) is 5.57. The third kappa shape index (κ3) is 3.01. The molecule has 0 unspecified atom stereocenters. The molecular weight excluding hydrogens is 282 g/mol. The van der Waals surface area contributed by atoms with Gasteiger partial charge in [0.05, 0.1) is 5.52 Å². The normalized spacial score (nSPS) is 10.8. The summed E-state index contributed by atoms with van der Waals surface area (Å²) in [6.07, 6.45) is 0. The molecule has 3 heteroatoms. The fourth-order valence-electron chi connectivity index (χ4n) is 2.40. The molecule has 0 bridgehead atoms. The highest BCUT2D eigenvalue weighted by Crippen LogP contribution is 2.25. The Bertz CT molecular complexity index is 798. The van der Waals surface area contributed by atoms with Gasteiger partial charge in [-0.2, -0.15) is 0 Å². The summed E-state index contributed by atoms with van der Waals surface area (Å²) in [6, 6.07) is 15.9. The van der Waals surface area contributed by atoms with Gasteiger partial charge in [-0.3, -0.25) is 4.98 Å². The number of aryl methyl sites for hydroxylation is 2. The van der Waals surface area contributed by atoms with Crippen molar-refractivity contribution < 1.29 is 4.74 Å². The number of para-hydroxylation sites is 1. The molecule has 3 aromatic rings. The first-order valence-electron chi connectivity index (χ1n) is 6.88. The van der Waals surface area contributed by atoms with Gasteiger partial charge in [0.1, 0.15) is 12.4 Å². The fourth-order valence-corrected chi connectivity index (χ4v) is 2.56. The van der Waals surface area contributed by atoms with Crippen molar-refractivity contribution in [3.8, 4) is 5.75 Å². The molecule has 106 valence electrons. The van der Waals surface area contributed by atoms with E-state index < -0.39 is 0 Å². The Morgan fingerprint density at radius 2 is 1.86 bits per heavy atom. The molecule has 0 aliphatic carbocycles. The summed E-state index contributed by atoms with van der Waals surface area (Å²) in [6.45, 7) is 4.52. The minimum absolute atomic E-state index is 0.505. The van der Waals surface area contributed by atoms with Crippen LogP contribution in [0.25, 0.3) is 10.9 Å². The predicted molar refractivity (Wildman–Crippen MR) is 87.0 cm³/mol. The smallest absolute Gasteiger partial charge is 0.124 e. The van der Waals surface area contributed by atoms with Gasteiger partial charge in [-0.05, 0) is 43.7 Å². The van der Waals surface area contributed by atoms with Gasteiger partial charge in [0, 0.05) is 21.7 Å². The maximum absolute atomic E-state index is 6.03. The van der Waals surface area contributed by atoms with E-state index in [1.54, 1.807) is 0 Å². The lowest BCUT2D eigenvalue weighted by molar-refractivity contribution is 0.305. The van der Waals surface area contributed by atoms with Crippen LogP contribution < -0.4 is 4.74 Å². The lowest BCUT2D eigenvalue weighted by atomic mass is 10.1. The molecular formula is C18H16ClNO. The number of ether oxygens (including phenoxy) is 1. The summed E-state index contributed by atoms with van der Waals surface area (Å²) >= 11 is 6.03. The van der Waals surface area contributed by atoms with Crippen LogP contribution in [0.1, 0.15) is 16.8 Å². The molecule has 0 aliphatic heterocycles. The zero-order valence-corrected chi connectivity index (χ0v) is 12.8. The topological polar surface area (TPSA) is 22.1 Å². The molecule has 0 amide bonds. The van der Waals surface area contributed by atoms with Crippen LogP contribution in [0.2, 0.25) is 5.02 Å². The maximum Gasteiger partial charge on any atom is 0.124 e. The van der Waals surface area contributed by atoms with Crippen LogP contribution in [-0.4, -0.2) is 4.98 Å². The third-order valence-corrected chi connectivity index (χ3v) is 3.70. The van der Waals surface area contributed by atoms with Crippen molar-refractivity contribution in [1.29, 1.82) is 0 Å². The molecule has 0 fully saturated rings. The zero-order chi connectivity index (χ0) is 14.8. The summed E-state index contributed by atoms with van der Waals surface area (Å²) in [5.41, 5.74) is 4.21. The Hall–Kier alpha value is -2.06. The van der Waals surface area contributed by atoms with Crippen LogP contribution in [0.5, 0.6) is 5.75 Å². The monoisotopic (exact) mass is 297 g/mol. The van der Waals surface area contributed by atoms with E-state index >= 15 is 0 Å². The third-order valence-electron chi connectivity index (χ3n) is 3.46. The maximum atomic E-state index is 6.03. The van der Waals surface area contributed by atoms with Crippen LogP contribution in [0.4, 0.5) is 0 Å². The number of hydrogen-bond donors (Lipinski definition) is 0. The van der Waals surface area contributed by atoms with Gasteiger partial charge >= 0.3 is 0 Å². The number of fused-ring (bicyclic) bond motifs is 1. The van der Waals surface area contributed by atoms with Crippen molar-refractivity contribution in [2.75, 3.05) is 0 Å². The van der Waals surface area contributed by atoms with E-state index in [2.05, 4.69) is 17.1 Å². The Labute approximate surface area is 129 Å². The fraction of sp³-hybridized carbons (Fsp3) is 0.167. The van der Waals surface area contributed by atoms with Gasteiger partial charge in [0.2, 0.25) is 0 Å². The average Bonchev–Trinajstić information content (AvgIpc) is 2.47. The average molecular weight is 298 g/mol. The van der Waals surface area contributed by atoms with Gasteiger partial charge in [0.15, 0.2) is 0 Å². The molecule has 0 N–H and O–H groups in total. The molecule has 2 aromatic carbocycles. The van der Waals surface area contributed by atoms with Crippen molar-refractivity contribution in [3.05, 3.63) is 70.4 Å². The van der Waals surface area contributed by atoms with Crippen LogP contribution in [0.3, 0.4) is 0 Å². The number of halogens is 1. The minimum atomic E-state index is 0.505. The second kappa shape index (κ2) is 5.74. The van der Waals surface area contributed by atoms with Crippen molar-refractivity contribution in [1.82, 2.24) is 4.98 Å². The molecule has 1 heterocycles. The van der Waals surface area contributed by atoms with E-state index in [1.165, 1.54) is 0 Å². The highest BCUT2D eigenvalue weighted by atomic mass is 35.5. The van der Waals surface area contributed by atoms with Gasteiger partial charge in [-0.25, -0.2) is 0 Å². The standard InChI is InChI=1S/C18H16ClNO/c1-12-7-8-15(19)10-18(12)21-11-14-9-13(2)20-17-6-4-3-5-16(14)17/h3-10H,11H2,1-2H3. The van der Waals surface area contributed by atoms with E-state index in [0.717, 1.165) is 33.5 Å². The van der Waals surface area contributed by atoms with Gasteiger partial charge in [0.25, 0.3) is 0 Å². The van der Waals surface area contributed by atoms with Gasteiger partial charge in [-0.15, -0.1) is 0 Å². The van der Waals surface area contributed by atoms with E-state index in [9.17, 15) is 0 Å². The molecule has 0 saturated carbocycles. The second-order valence-electron chi connectivity index (χ2n) is 5.14. The lowest BCUT2D eigenvalue weighted by Gasteiger charge is -2.12. The molecule has 0 spiro atoms. The van der Waals surface area contributed by atoms with Crippen molar-refractivity contribution in [2.24, 2.45) is 0 Å². The molecule has 2 nitrogen and oxygen atoms in total. The lowest BCUT2D eigenvalue weighted by Crippen LogP contribution is -2.00. The van der Waals surface area contributed by atoms with E-state index in [4.69, 9.17) is 16.3 Å². The Kier molecular flexibility index (Phi) is 3.80. The summed E-state index contributed by atoms with van der Waals surface area (Å²) < 4.78 is 5.95. The SMILES string of the molecule is Cc1cc(COc2cc(Cl)ccc2C)c2ccccc2n1. The number of nitrogens with zero attached hydrogens (tertiary/aromatic N) is 1. The molecule has 0 radical (unpaired) electrons. The summed E-state index contributed by atoms with van der Waals surface area (Å²) in [5.74, 6) is 0.820. The Morgan fingerprint density at radius 3 is 2.71 bits per heavy atom. The summed E-state index contributed by atoms with van der Waals surface area (Å²) in [7, 11) is 0. The minimum Gasteiger partial charge on any atom is -0.489 e. The number of aromatic nitrogens is 1. The van der Waals surface area contributed by atoms with Crippen molar-refractivity contribution in [2.45, 2.75) is 20.5 Å². The van der Waals surface area contributed by atoms with E-state index in [-0.39, 0.29) is 0 Å². The molecule has 0 saturated heterocycles. The highest BCUT2D eigenvalue weighted by Gasteiger charge is 2.06. The molecule has 0 aliphatic rings. The predicted octanol–water partition coefficient (Wildman–Crippen LogP) is 5.08. The summed E-state index contributed by atoms with van der Waals surface area (Å²) in [5, 5.41) is 1.81. The van der Waals surface area contributed by atoms with E-state index in [1.807, 2.05) is 50.2 Å². The van der Waals surface area contributed by atoms with Gasteiger partial charge in [-0.1, -0.05) is 35.9 Å². The van der Waals surface area contributed by atoms with Crippen LogP contribution in [0.15, 0.2) is 48.5 Å². The van der Waals surface area contributed by atoms with Gasteiger partial charge < -0.3 is 4.74 Å². The first kappa shape index (κ1) is 13.9. The van der Waals surface area contributed by atoms with Crippen LogP contribution in [-0.2, 0) is 6.61 Å². The largest absolute Gasteiger partial charge is 0.489 e. The number of hydrogen-bond acceptors (Lipinski definition) is 2. The highest BCUT2D eigenvalue weighted by molar-refractivity contribution is 6.30. The summed E-state index contributed by atoms with van der Waals surface area (Å²) in [4.78, 5) is 4.55.